The maximum atomic E-state index is 12.8. The van der Waals surface area contributed by atoms with Crippen LogP contribution in [0.4, 0.5) is 8.78 Å². The van der Waals surface area contributed by atoms with Crippen molar-refractivity contribution in [1.82, 2.24) is 0 Å². The lowest BCUT2D eigenvalue weighted by Gasteiger charge is -1.96. The third kappa shape index (κ3) is 2.21. The zero-order valence-corrected chi connectivity index (χ0v) is 7.05. The molecule has 0 heterocycles. The molecule has 0 spiro atoms. The van der Waals surface area contributed by atoms with E-state index in [1.807, 2.05) is 0 Å². The van der Waals surface area contributed by atoms with Crippen molar-refractivity contribution in [3.63, 3.8) is 0 Å². The predicted molar refractivity (Wildman–Crippen MR) is 45.7 cm³/mol. The molecule has 3 heteroatoms. The summed E-state index contributed by atoms with van der Waals surface area (Å²) in [6.45, 7) is 0.913. The first kappa shape index (κ1) is 9.58. The van der Waals surface area contributed by atoms with Gasteiger partial charge >= 0.3 is 0 Å². The van der Waals surface area contributed by atoms with E-state index in [1.165, 1.54) is 12.1 Å². The Morgan fingerprint density at radius 1 is 1.15 bits per heavy atom. The summed E-state index contributed by atoms with van der Waals surface area (Å²) in [5.74, 6) is -3.33. The third-order valence-corrected chi connectivity index (χ3v) is 1.54. The Kier molecular flexibility index (Phi) is 2.90. The second-order valence-corrected chi connectivity index (χ2v) is 2.54. The molecule has 0 N–H and O–H groups in total. The summed E-state index contributed by atoms with van der Waals surface area (Å²) in [7, 11) is 0. The van der Waals surface area contributed by atoms with Gasteiger partial charge < -0.3 is 0 Å². The van der Waals surface area contributed by atoms with Gasteiger partial charge in [-0.15, -0.1) is 0 Å². The second-order valence-electron chi connectivity index (χ2n) is 2.54. The van der Waals surface area contributed by atoms with Crippen molar-refractivity contribution in [3.8, 4) is 0 Å². The van der Waals surface area contributed by atoms with E-state index in [0.717, 1.165) is 6.92 Å². The molecule has 0 unspecified atom stereocenters. The molecule has 0 aliphatic heterocycles. The first-order chi connectivity index (χ1) is 6.13. The van der Waals surface area contributed by atoms with Crippen LogP contribution in [0.1, 0.15) is 17.3 Å². The molecular formula is C10H8F2O. The minimum Gasteiger partial charge on any atom is -0.286 e. The van der Waals surface area contributed by atoms with Crippen LogP contribution in [0.5, 0.6) is 0 Å². The summed E-state index contributed by atoms with van der Waals surface area (Å²) in [5, 5.41) is 0. The van der Waals surface area contributed by atoms with E-state index in [-0.39, 0.29) is 5.56 Å². The Hall–Kier alpha value is -1.51. The summed E-state index contributed by atoms with van der Waals surface area (Å²) in [4.78, 5) is 11.1. The monoisotopic (exact) mass is 182 g/mol. The molecule has 0 aromatic heterocycles. The summed E-state index contributed by atoms with van der Waals surface area (Å²) in [6, 6.07) is 7.75. The quantitative estimate of drug-likeness (QED) is 0.507. The Morgan fingerprint density at radius 3 is 2.15 bits per heavy atom. The SMILES string of the molecule is C/C(F)=C(\F)C(=O)c1ccccc1. The Balaban J connectivity index is 3.00. The van der Waals surface area contributed by atoms with Gasteiger partial charge in [0.15, 0.2) is 0 Å². The van der Waals surface area contributed by atoms with Gasteiger partial charge in [0.25, 0.3) is 0 Å². The normalized spacial score (nSPS) is 12.2. The van der Waals surface area contributed by atoms with Gasteiger partial charge in [0.05, 0.1) is 0 Å². The van der Waals surface area contributed by atoms with E-state index in [9.17, 15) is 13.6 Å². The van der Waals surface area contributed by atoms with E-state index >= 15 is 0 Å². The number of ketones is 1. The van der Waals surface area contributed by atoms with E-state index in [0.29, 0.717) is 0 Å². The highest BCUT2D eigenvalue weighted by molar-refractivity contribution is 6.07. The van der Waals surface area contributed by atoms with Crippen LogP contribution in [0, 0.1) is 0 Å². The van der Waals surface area contributed by atoms with E-state index in [4.69, 9.17) is 0 Å². The topological polar surface area (TPSA) is 17.1 Å². The fourth-order valence-corrected chi connectivity index (χ4v) is 0.873. The van der Waals surface area contributed by atoms with Gasteiger partial charge in [-0.05, 0) is 6.92 Å². The fourth-order valence-electron chi connectivity index (χ4n) is 0.873. The molecule has 1 nitrogen and oxygen atoms in total. The van der Waals surface area contributed by atoms with E-state index < -0.39 is 17.4 Å². The molecule has 13 heavy (non-hydrogen) atoms. The number of benzene rings is 1. The molecule has 1 aromatic carbocycles. The van der Waals surface area contributed by atoms with Crippen LogP contribution in [0.25, 0.3) is 0 Å². The fraction of sp³-hybridized carbons (Fsp3) is 0.100. The van der Waals surface area contributed by atoms with Gasteiger partial charge in [0, 0.05) is 5.56 Å². The van der Waals surface area contributed by atoms with Gasteiger partial charge in [0.2, 0.25) is 11.6 Å². The number of carbonyl (C=O) groups is 1. The smallest absolute Gasteiger partial charge is 0.224 e. The third-order valence-electron chi connectivity index (χ3n) is 1.54. The van der Waals surface area contributed by atoms with Gasteiger partial charge in [-0.2, -0.15) is 4.39 Å². The number of rotatable bonds is 2. The van der Waals surface area contributed by atoms with Crippen LogP contribution in [0.2, 0.25) is 0 Å². The number of halogens is 2. The first-order valence-corrected chi connectivity index (χ1v) is 3.74. The highest BCUT2D eigenvalue weighted by Crippen LogP contribution is 2.13. The number of hydrogen-bond donors (Lipinski definition) is 0. The average Bonchev–Trinajstić information content (AvgIpc) is 2.17. The van der Waals surface area contributed by atoms with Crippen LogP contribution in [0.15, 0.2) is 42.0 Å². The van der Waals surface area contributed by atoms with Crippen LogP contribution in [-0.4, -0.2) is 5.78 Å². The standard InChI is InChI=1S/C10H8F2O/c1-7(11)9(12)10(13)8-5-3-2-4-6-8/h2-6H,1H3/b9-7+. The maximum Gasteiger partial charge on any atom is 0.224 e. The van der Waals surface area contributed by atoms with Crippen molar-refractivity contribution in [2.24, 2.45) is 0 Å². The molecule has 0 aliphatic carbocycles. The van der Waals surface area contributed by atoms with E-state index in [2.05, 4.69) is 0 Å². The zero-order chi connectivity index (χ0) is 9.84. The van der Waals surface area contributed by atoms with Crippen LogP contribution < -0.4 is 0 Å². The van der Waals surface area contributed by atoms with Crippen LogP contribution >= 0.6 is 0 Å². The molecule has 0 bridgehead atoms. The Morgan fingerprint density at radius 2 is 1.69 bits per heavy atom. The Labute approximate surface area is 74.7 Å². The van der Waals surface area contributed by atoms with Crippen LogP contribution in [0.3, 0.4) is 0 Å². The van der Waals surface area contributed by atoms with E-state index in [1.54, 1.807) is 18.2 Å². The number of Topliss-reactive ketones (excluding diaryl/α,β-unsaturated/α-hetero) is 1. The summed E-state index contributed by atoms with van der Waals surface area (Å²) in [6.07, 6.45) is 0. The number of allylic oxidation sites excluding steroid dienone is 2. The maximum absolute atomic E-state index is 12.8. The molecule has 1 rings (SSSR count). The van der Waals surface area contributed by atoms with Gasteiger partial charge in [0.1, 0.15) is 5.83 Å². The first-order valence-electron chi connectivity index (χ1n) is 3.74. The largest absolute Gasteiger partial charge is 0.286 e. The molecule has 0 fully saturated rings. The highest BCUT2D eigenvalue weighted by Gasteiger charge is 2.14. The van der Waals surface area contributed by atoms with Crippen molar-refractivity contribution in [2.75, 3.05) is 0 Å². The summed E-state index contributed by atoms with van der Waals surface area (Å²) in [5.41, 5.74) is 0.150. The van der Waals surface area contributed by atoms with Gasteiger partial charge in [-0.1, -0.05) is 30.3 Å². The van der Waals surface area contributed by atoms with Crippen molar-refractivity contribution in [2.45, 2.75) is 6.92 Å². The molecule has 1 aromatic rings. The lowest BCUT2D eigenvalue weighted by molar-refractivity contribution is 0.1000. The van der Waals surface area contributed by atoms with Crippen molar-refractivity contribution < 1.29 is 13.6 Å². The van der Waals surface area contributed by atoms with Gasteiger partial charge in [-0.25, -0.2) is 4.39 Å². The molecule has 0 atom stereocenters. The second kappa shape index (κ2) is 3.94. The number of carbonyl (C=O) groups excluding carboxylic acids is 1. The lowest BCUT2D eigenvalue weighted by Crippen LogP contribution is -2.00. The van der Waals surface area contributed by atoms with Crippen molar-refractivity contribution in [3.05, 3.63) is 47.5 Å². The molecule has 0 saturated heterocycles. The molecular weight excluding hydrogens is 174 g/mol. The zero-order valence-electron chi connectivity index (χ0n) is 7.05. The van der Waals surface area contributed by atoms with Gasteiger partial charge in [-0.3, -0.25) is 4.79 Å². The minimum absolute atomic E-state index is 0.150. The number of hydrogen-bond acceptors (Lipinski definition) is 1. The molecule has 0 amide bonds. The molecule has 68 valence electrons. The molecule has 0 radical (unpaired) electrons. The highest BCUT2D eigenvalue weighted by atomic mass is 19.2. The predicted octanol–water partition coefficient (Wildman–Crippen LogP) is 3.04. The van der Waals surface area contributed by atoms with Crippen LogP contribution in [-0.2, 0) is 0 Å². The van der Waals surface area contributed by atoms with Crippen molar-refractivity contribution >= 4 is 5.78 Å². The minimum atomic E-state index is -1.33. The average molecular weight is 182 g/mol. The lowest BCUT2D eigenvalue weighted by atomic mass is 10.1. The molecule has 0 aliphatic rings. The summed E-state index contributed by atoms with van der Waals surface area (Å²) < 4.78 is 25.1. The Bertz CT molecular complexity index is 337. The molecule has 0 saturated carbocycles. The summed E-state index contributed by atoms with van der Waals surface area (Å²) >= 11 is 0. The van der Waals surface area contributed by atoms with Crippen molar-refractivity contribution in [1.29, 1.82) is 0 Å².